The highest BCUT2D eigenvalue weighted by atomic mass is 32.2. The fraction of sp³-hybridized carbons (Fsp3) is 0.200. The van der Waals surface area contributed by atoms with E-state index in [0.29, 0.717) is 5.25 Å². The Kier molecular flexibility index (Phi) is 2.91. The Balaban J connectivity index is 2.11. The second kappa shape index (κ2) is 4.35. The molecule has 1 unspecified atom stereocenters. The van der Waals surface area contributed by atoms with Crippen LogP contribution in [-0.2, 0) is 0 Å². The molecular formula is C10H12N4S. The lowest BCUT2D eigenvalue weighted by molar-refractivity contribution is 0.960. The smallest absolute Gasteiger partial charge is 0.183 e. The predicted octanol–water partition coefficient (Wildman–Crippen LogP) is 2.24. The van der Waals surface area contributed by atoms with Crippen molar-refractivity contribution in [1.82, 2.24) is 15.2 Å². The quantitative estimate of drug-likeness (QED) is 0.615. The van der Waals surface area contributed by atoms with Gasteiger partial charge >= 0.3 is 0 Å². The number of nitrogens with two attached hydrogens (primary N) is 1. The van der Waals surface area contributed by atoms with Crippen molar-refractivity contribution in [2.45, 2.75) is 17.3 Å². The van der Waals surface area contributed by atoms with Crippen LogP contribution in [0.5, 0.6) is 0 Å². The Hall–Kier alpha value is -1.49. The van der Waals surface area contributed by atoms with E-state index >= 15 is 0 Å². The number of nitrogen functional groups attached to an aromatic ring is 1. The summed E-state index contributed by atoms with van der Waals surface area (Å²) in [5.74, 6) is 0. The highest BCUT2D eigenvalue weighted by molar-refractivity contribution is 7.99. The Labute approximate surface area is 92.3 Å². The number of thioether (sulfide) groups is 1. The zero-order valence-electron chi connectivity index (χ0n) is 8.34. The molecule has 0 bridgehead atoms. The van der Waals surface area contributed by atoms with Crippen LogP contribution in [0.2, 0.25) is 0 Å². The number of hydrogen-bond donors (Lipinski definition) is 2. The van der Waals surface area contributed by atoms with Crippen molar-refractivity contribution < 1.29 is 0 Å². The second-order valence-electron chi connectivity index (χ2n) is 3.22. The first-order valence-corrected chi connectivity index (χ1v) is 5.51. The van der Waals surface area contributed by atoms with Gasteiger partial charge in [0.1, 0.15) is 6.33 Å². The van der Waals surface area contributed by atoms with Crippen LogP contribution >= 0.6 is 11.8 Å². The molecule has 0 aliphatic heterocycles. The van der Waals surface area contributed by atoms with Crippen molar-refractivity contribution in [2.75, 3.05) is 5.73 Å². The van der Waals surface area contributed by atoms with E-state index in [1.807, 2.05) is 18.2 Å². The molecule has 2 aromatic rings. The lowest BCUT2D eigenvalue weighted by Crippen LogP contribution is -1.92. The number of nitrogens with one attached hydrogen (secondary N) is 1. The van der Waals surface area contributed by atoms with Gasteiger partial charge in [-0.25, -0.2) is 4.98 Å². The van der Waals surface area contributed by atoms with Gasteiger partial charge < -0.3 is 5.73 Å². The summed E-state index contributed by atoms with van der Waals surface area (Å²) in [6.45, 7) is 2.11. The molecule has 0 aliphatic rings. The largest absolute Gasteiger partial charge is 0.399 e. The maximum Gasteiger partial charge on any atom is 0.183 e. The van der Waals surface area contributed by atoms with Gasteiger partial charge in [-0.2, -0.15) is 5.10 Å². The standard InChI is InChI=1S/C10H12N4S/c1-7(15-10-12-6-13-14-10)8-3-2-4-9(11)5-8/h2-7H,11H2,1H3,(H,12,13,14). The molecule has 0 aliphatic carbocycles. The molecule has 0 spiro atoms. The van der Waals surface area contributed by atoms with E-state index in [9.17, 15) is 0 Å². The zero-order valence-corrected chi connectivity index (χ0v) is 9.16. The molecule has 3 N–H and O–H groups in total. The lowest BCUT2D eigenvalue weighted by Gasteiger charge is -2.09. The minimum atomic E-state index is 0.307. The molecule has 0 fully saturated rings. The first-order valence-electron chi connectivity index (χ1n) is 4.63. The molecule has 0 radical (unpaired) electrons. The fourth-order valence-corrected chi connectivity index (χ4v) is 2.13. The van der Waals surface area contributed by atoms with Crippen LogP contribution in [0.25, 0.3) is 0 Å². The van der Waals surface area contributed by atoms with Crippen LogP contribution in [-0.4, -0.2) is 15.2 Å². The van der Waals surface area contributed by atoms with Gasteiger partial charge in [0, 0.05) is 10.9 Å². The van der Waals surface area contributed by atoms with Gasteiger partial charge in [0.05, 0.1) is 0 Å². The van der Waals surface area contributed by atoms with E-state index in [1.165, 1.54) is 11.9 Å². The lowest BCUT2D eigenvalue weighted by atomic mass is 10.1. The summed E-state index contributed by atoms with van der Waals surface area (Å²) in [5.41, 5.74) is 7.71. The van der Waals surface area contributed by atoms with Gasteiger partial charge in [-0.05, 0) is 24.6 Å². The second-order valence-corrected chi connectivity index (χ2v) is 4.55. The molecule has 15 heavy (non-hydrogen) atoms. The molecule has 1 aromatic carbocycles. The van der Waals surface area contributed by atoms with Crippen molar-refractivity contribution in [1.29, 1.82) is 0 Å². The number of hydrogen-bond acceptors (Lipinski definition) is 4. The number of H-pyrrole nitrogens is 1. The minimum absolute atomic E-state index is 0.307. The number of rotatable bonds is 3. The Morgan fingerprint density at radius 3 is 3.00 bits per heavy atom. The maximum absolute atomic E-state index is 5.72. The van der Waals surface area contributed by atoms with Gasteiger partial charge in [-0.3, -0.25) is 5.10 Å². The molecule has 0 amide bonds. The van der Waals surface area contributed by atoms with Gasteiger partial charge in [0.15, 0.2) is 5.16 Å². The molecule has 5 heteroatoms. The van der Waals surface area contributed by atoms with E-state index < -0.39 is 0 Å². The van der Waals surface area contributed by atoms with E-state index in [1.54, 1.807) is 11.8 Å². The molecule has 78 valence electrons. The van der Waals surface area contributed by atoms with Crippen LogP contribution in [0.1, 0.15) is 17.7 Å². The molecule has 1 atom stereocenters. The monoisotopic (exact) mass is 220 g/mol. The zero-order chi connectivity index (χ0) is 10.7. The third-order valence-electron chi connectivity index (χ3n) is 2.06. The van der Waals surface area contributed by atoms with Crippen LogP contribution in [0, 0.1) is 0 Å². The number of nitrogens with zero attached hydrogens (tertiary/aromatic N) is 2. The molecule has 0 saturated heterocycles. The highest BCUT2D eigenvalue weighted by Crippen LogP contribution is 2.32. The van der Waals surface area contributed by atoms with Crippen molar-refractivity contribution >= 4 is 17.4 Å². The third kappa shape index (κ3) is 2.50. The van der Waals surface area contributed by atoms with E-state index in [-0.39, 0.29) is 0 Å². The fourth-order valence-electron chi connectivity index (χ4n) is 1.30. The summed E-state index contributed by atoms with van der Waals surface area (Å²) < 4.78 is 0. The maximum atomic E-state index is 5.72. The van der Waals surface area contributed by atoms with Gasteiger partial charge in [0.25, 0.3) is 0 Å². The first kappa shape index (κ1) is 10.0. The normalized spacial score (nSPS) is 12.6. The molecule has 2 rings (SSSR count). The van der Waals surface area contributed by atoms with Crippen LogP contribution in [0.4, 0.5) is 5.69 Å². The summed E-state index contributed by atoms with van der Waals surface area (Å²) in [7, 11) is 0. The van der Waals surface area contributed by atoms with Crippen LogP contribution < -0.4 is 5.73 Å². The average Bonchev–Trinajstić information content (AvgIpc) is 2.70. The minimum Gasteiger partial charge on any atom is -0.399 e. The third-order valence-corrected chi connectivity index (χ3v) is 3.11. The van der Waals surface area contributed by atoms with E-state index in [2.05, 4.69) is 28.2 Å². The molecule has 4 nitrogen and oxygen atoms in total. The van der Waals surface area contributed by atoms with Crippen molar-refractivity contribution in [3.63, 3.8) is 0 Å². The molecule has 0 saturated carbocycles. The van der Waals surface area contributed by atoms with Crippen molar-refractivity contribution in [3.8, 4) is 0 Å². The highest BCUT2D eigenvalue weighted by Gasteiger charge is 2.08. The molecular weight excluding hydrogens is 208 g/mol. The number of aromatic amines is 1. The van der Waals surface area contributed by atoms with Crippen molar-refractivity contribution in [3.05, 3.63) is 36.2 Å². The SMILES string of the molecule is CC(Sc1ncn[nH]1)c1cccc(N)c1. The Morgan fingerprint density at radius 1 is 1.47 bits per heavy atom. The Bertz CT molecular complexity index is 427. The van der Waals surface area contributed by atoms with Gasteiger partial charge in [-0.15, -0.1) is 0 Å². The van der Waals surface area contributed by atoms with Crippen LogP contribution in [0.3, 0.4) is 0 Å². The predicted molar refractivity (Wildman–Crippen MR) is 61.5 cm³/mol. The summed E-state index contributed by atoms with van der Waals surface area (Å²) in [6, 6.07) is 7.88. The summed E-state index contributed by atoms with van der Waals surface area (Å²) in [4.78, 5) is 4.07. The van der Waals surface area contributed by atoms with Crippen molar-refractivity contribution in [2.24, 2.45) is 0 Å². The summed E-state index contributed by atoms with van der Waals surface area (Å²) in [5, 5.41) is 7.76. The number of aromatic nitrogens is 3. The first-order chi connectivity index (χ1) is 7.25. The van der Waals surface area contributed by atoms with E-state index in [0.717, 1.165) is 10.8 Å². The Morgan fingerprint density at radius 2 is 2.33 bits per heavy atom. The van der Waals surface area contributed by atoms with Gasteiger partial charge in [-0.1, -0.05) is 23.9 Å². The van der Waals surface area contributed by atoms with Gasteiger partial charge in [0.2, 0.25) is 0 Å². The summed E-state index contributed by atoms with van der Waals surface area (Å²) in [6.07, 6.45) is 1.51. The van der Waals surface area contributed by atoms with E-state index in [4.69, 9.17) is 5.73 Å². The summed E-state index contributed by atoms with van der Waals surface area (Å²) >= 11 is 1.63. The number of anilines is 1. The topological polar surface area (TPSA) is 67.6 Å². The molecule has 1 aromatic heterocycles. The average molecular weight is 220 g/mol. The molecule has 1 heterocycles. The number of benzene rings is 1. The van der Waals surface area contributed by atoms with Crippen LogP contribution in [0.15, 0.2) is 35.7 Å².